The van der Waals surface area contributed by atoms with Crippen LogP contribution in [0.5, 0.6) is 0 Å². The van der Waals surface area contributed by atoms with Gasteiger partial charge in [0.2, 0.25) is 0 Å². The summed E-state index contributed by atoms with van der Waals surface area (Å²) in [6.45, 7) is 6.20. The molecule has 3 nitrogen and oxygen atoms in total. The lowest BCUT2D eigenvalue weighted by molar-refractivity contribution is -0.167. The fourth-order valence-electron chi connectivity index (χ4n) is 5.34. The van der Waals surface area contributed by atoms with Crippen molar-refractivity contribution in [1.82, 2.24) is 0 Å². The van der Waals surface area contributed by atoms with Crippen LogP contribution in [0.2, 0.25) is 0 Å². The molecule has 3 heteroatoms. The third-order valence-corrected chi connectivity index (χ3v) is 6.83. The lowest BCUT2D eigenvalue weighted by Crippen LogP contribution is -2.49. The zero-order valence-electron chi connectivity index (χ0n) is 17.0. The Balaban J connectivity index is 2.42. The molecule has 144 valence electrons. The van der Waals surface area contributed by atoms with Gasteiger partial charge in [0.05, 0.1) is 12.5 Å². The maximum absolute atomic E-state index is 13.1. The summed E-state index contributed by atoms with van der Waals surface area (Å²) in [5.41, 5.74) is 0.442. The molecule has 0 aromatic heterocycles. The highest BCUT2D eigenvalue weighted by Gasteiger charge is 2.63. The summed E-state index contributed by atoms with van der Waals surface area (Å²) in [5.74, 6) is 5.98. The van der Waals surface area contributed by atoms with E-state index >= 15 is 0 Å². The van der Waals surface area contributed by atoms with Gasteiger partial charge in [0.1, 0.15) is 5.78 Å². The molecule has 0 radical (unpaired) electrons. The Labute approximate surface area is 159 Å². The van der Waals surface area contributed by atoms with Crippen LogP contribution in [-0.2, 0) is 14.3 Å². The molecular weight excluding hydrogens is 324 g/mol. The highest BCUT2D eigenvalue weighted by Crippen LogP contribution is 2.62. The SMILES string of the molecule is CC#CCCCC1(C)CCC2C(=O)CCC/C(C)=C/CCC21C(=O)OC. The molecule has 0 aromatic carbocycles. The highest BCUT2D eigenvalue weighted by atomic mass is 16.5. The van der Waals surface area contributed by atoms with Gasteiger partial charge in [-0.3, -0.25) is 9.59 Å². The summed E-state index contributed by atoms with van der Waals surface area (Å²) in [6.07, 6.45) is 10.7. The second-order valence-electron chi connectivity index (χ2n) is 8.30. The molecule has 26 heavy (non-hydrogen) atoms. The van der Waals surface area contributed by atoms with E-state index in [9.17, 15) is 9.59 Å². The topological polar surface area (TPSA) is 43.4 Å². The standard InChI is InChI=1S/C23H34O3/c1-5-6-7-8-15-22(3)17-14-19-20(24)13-9-11-18(2)12-10-16-23(19,22)21(25)26-4/h12,19H,7-11,13-17H2,1-4H3/b18-12+. The summed E-state index contributed by atoms with van der Waals surface area (Å²) >= 11 is 0. The minimum atomic E-state index is -0.688. The Morgan fingerprint density at radius 3 is 2.81 bits per heavy atom. The molecule has 2 rings (SSSR count). The monoisotopic (exact) mass is 358 g/mol. The van der Waals surface area contributed by atoms with Gasteiger partial charge in [-0.2, -0.15) is 0 Å². The first kappa shape index (κ1) is 20.7. The predicted molar refractivity (Wildman–Crippen MR) is 104 cm³/mol. The molecule has 3 atom stereocenters. The Bertz CT molecular complexity index is 621. The van der Waals surface area contributed by atoms with Crippen LogP contribution in [0.15, 0.2) is 11.6 Å². The number of ether oxygens (including phenoxy) is 1. The summed E-state index contributed by atoms with van der Waals surface area (Å²) in [7, 11) is 1.47. The Morgan fingerprint density at radius 1 is 1.35 bits per heavy atom. The van der Waals surface area contributed by atoms with Gasteiger partial charge >= 0.3 is 5.97 Å². The van der Waals surface area contributed by atoms with Crippen molar-refractivity contribution in [1.29, 1.82) is 0 Å². The van der Waals surface area contributed by atoms with Crippen LogP contribution in [0.4, 0.5) is 0 Å². The highest BCUT2D eigenvalue weighted by molar-refractivity contribution is 5.90. The molecule has 0 aliphatic heterocycles. The van der Waals surface area contributed by atoms with Crippen LogP contribution in [0.3, 0.4) is 0 Å². The molecule has 1 saturated carbocycles. The lowest BCUT2D eigenvalue weighted by Gasteiger charge is -2.45. The first-order chi connectivity index (χ1) is 12.4. The van der Waals surface area contributed by atoms with Crippen LogP contribution < -0.4 is 0 Å². The van der Waals surface area contributed by atoms with Crippen LogP contribution in [0, 0.1) is 28.6 Å². The number of hydrogen-bond donors (Lipinski definition) is 0. The smallest absolute Gasteiger partial charge is 0.313 e. The summed E-state index contributed by atoms with van der Waals surface area (Å²) < 4.78 is 5.32. The van der Waals surface area contributed by atoms with E-state index in [-0.39, 0.29) is 23.1 Å². The molecule has 3 unspecified atom stereocenters. The molecule has 2 aliphatic carbocycles. The third kappa shape index (κ3) is 3.90. The quantitative estimate of drug-likeness (QED) is 0.299. The Hall–Kier alpha value is -1.56. The summed E-state index contributed by atoms with van der Waals surface area (Å²) in [4.78, 5) is 26.2. The second kappa shape index (κ2) is 8.89. The number of ketones is 1. The number of esters is 1. The van der Waals surface area contributed by atoms with Gasteiger partial charge in [0, 0.05) is 18.8 Å². The van der Waals surface area contributed by atoms with Crippen LogP contribution in [0.1, 0.15) is 85.0 Å². The summed E-state index contributed by atoms with van der Waals surface area (Å²) in [6, 6.07) is 0. The van der Waals surface area contributed by atoms with Crippen molar-refractivity contribution in [2.45, 2.75) is 85.0 Å². The Morgan fingerprint density at radius 2 is 2.12 bits per heavy atom. The van der Waals surface area contributed by atoms with Gasteiger partial charge in [-0.05, 0) is 70.6 Å². The number of rotatable bonds is 4. The largest absolute Gasteiger partial charge is 0.469 e. The third-order valence-electron chi connectivity index (χ3n) is 6.83. The van der Waals surface area contributed by atoms with Crippen molar-refractivity contribution < 1.29 is 14.3 Å². The first-order valence-electron chi connectivity index (χ1n) is 10.1. The number of Topliss-reactive ketones (excluding diaryl/α,β-unsaturated/α-hetero) is 1. The normalized spacial score (nSPS) is 34.1. The van der Waals surface area contributed by atoms with Crippen molar-refractivity contribution >= 4 is 11.8 Å². The molecular formula is C23H34O3. The fourth-order valence-corrected chi connectivity index (χ4v) is 5.34. The number of unbranched alkanes of at least 4 members (excludes halogenated alkanes) is 1. The van der Waals surface area contributed by atoms with Crippen molar-refractivity contribution in [2.75, 3.05) is 7.11 Å². The average molecular weight is 359 g/mol. The molecule has 0 saturated heterocycles. The van der Waals surface area contributed by atoms with E-state index in [1.54, 1.807) is 0 Å². The lowest BCUT2D eigenvalue weighted by atomic mass is 9.58. The number of methoxy groups -OCH3 is 1. The van der Waals surface area contributed by atoms with Crippen LogP contribution >= 0.6 is 0 Å². The van der Waals surface area contributed by atoms with Crippen molar-refractivity contribution in [2.24, 2.45) is 16.7 Å². The minimum absolute atomic E-state index is 0.177. The average Bonchev–Trinajstić information content (AvgIpc) is 2.91. The maximum Gasteiger partial charge on any atom is 0.313 e. The van der Waals surface area contributed by atoms with Gasteiger partial charge < -0.3 is 4.74 Å². The van der Waals surface area contributed by atoms with Crippen LogP contribution in [-0.4, -0.2) is 18.9 Å². The fraction of sp³-hybridized carbons (Fsp3) is 0.739. The van der Waals surface area contributed by atoms with E-state index in [0.717, 1.165) is 51.4 Å². The van der Waals surface area contributed by atoms with Gasteiger partial charge in [-0.1, -0.05) is 18.6 Å². The van der Waals surface area contributed by atoms with Crippen molar-refractivity contribution in [3.05, 3.63) is 11.6 Å². The van der Waals surface area contributed by atoms with Gasteiger partial charge in [-0.15, -0.1) is 11.8 Å². The number of hydrogen-bond acceptors (Lipinski definition) is 3. The molecule has 2 aliphatic rings. The first-order valence-corrected chi connectivity index (χ1v) is 10.1. The van der Waals surface area contributed by atoms with E-state index in [4.69, 9.17) is 4.74 Å². The Kier molecular flexibility index (Phi) is 7.09. The van der Waals surface area contributed by atoms with E-state index in [2.05, 4.69) is 31.8 Å². The van der Waals surface area contributed by atoms with Gasteiger partial charge in [0.25, 0.3) is 0 Å². The van der Waals surface area contributed by atoms with E-state index in [1.165, 1.54) is 12.7 Å². The van der Waals surface area contributed by atoms with Crippen LogP contribution in [0.25, 0.3) is 0 Å². The molecule has 0 heterocycles. The number of carbonyl (C=O) groups excluding carboxylic acids is 2. The molecule has 0 N–H and O–H groups in total. The van der Waals surface area contributed by atoms with Gasteiger partial charge in [-0.25, -0.2) is 0 Å². The predicted octanol–water partition coefficient (Wildman–Crippen LogP) is 5.24. The molecule has 0 amide bonds. The summed E-state index contributed by atoms with van der Waals surface area (Å²) in [5, 5.41) is 0. The zero-order valence-corrected chi connectivity index (χ0v) is 17.0. The minimum Gasteiger partial charge on any atom is -0.469 e. The van der Waals surface area contributed by atoms with Crippen molar-refractivity contribution in [3.63, 3.8) is 0 Å². The molecule has 0 spiro atoms. The van der Waals surface area contributed by atoms with Crippen molar-refractivity contribution in [3.8, 4) is 11.8 Å². The maximum atomic E-state index is 13.1. The second-order valence-corrected chi connectivity index (χ2v) is 8.30. The molecule has 1 fully saturated rings. The number of carbonyl (C=O) groups is 2. The molecule has 0 bridgehead atoms. The zero-order chi connectivity index (χ0) is 19.2. The van der Waals surface area contributed by atoms with Gasteiger partial charge in [0.15, 0.2) is 0 Å². The number of allylic oxidation sites excluding steroid dienone is 2. The number of fused-ring (bicyclic) bond motifs is 1. The van der Waals surface area contributed by atoms with E-state index < -0.39 is 5.41 Å². The van der Waals surface area contributed by atoms with E-state index in [1.807, 2.05) is 6.92 Å². The van der Waals surface area contributed by atoms with E-state index in [0.29, 0.717) is 12.8 Å². The molecule has 0 aromatic rings.